The van der Waals surface area contributed by atoms with Gasteiger partial charge in [0.25, 0.3) is 5.91 Å². The lowest BCUT2D eigenvalue weighted by Gasteiger charge is -2.27. The summed E-state index contributed by atoms with van der Waals surface area (Å²) in [5.74, 6) is -0.635. The number of carbonyl (C=O) groups excluding carboxylic acids is 1. The third-order valence-corrected chi connectivity index (χ3v) is 3.30. The summed E-state index contributed by atoms with van der Waals surface area (Å²) in [6.45, 7) is 3.52. The number of hydrogen-bond acceptors (Lipinski definition) is 1. The van der Waals surface area contributed by atoms with E-state index in [1.54, 1.807) is 56.3 Å². The van der Waals surface area contributed by atoms with Crippen molar-refractivity contribution in [2.45, 2.75) is 19.4 Å². The van der Waals surface area contributed by atoms with Gasteiger partial charge < -0.3 is 5.32 Å². The van der Waals surface area contributed by atoms with E-state index in [1.807, 2.05) is 0 Å². The maximum atomic E-state index is 13.8. The van der Waals surface area contributed by atoms with Crippen LogP contribution in [-0.2, 0) is 5.54 Å². The van der Waals surface area contributed by atoms with Gasteiger partial charge in [0.05, 0.1) is 5.54 Å². The predicted octanol–water partition coefficient (Wildman–Crippen LogP) is 4.14. The van der Waals surface area contributed by atoms with Crippen LogP contribution in [0.25, 0.3) is 0 Å². The molecule has 1 amide bonds. The van der Waals surface area contributed by atoms with E-state index >= 15 is 0 Å². The molecule has 1 N–H and O–H groups in total. The Morgan fingerprint density at radius 1 is 1.15 bits per heavy atom. The second-order valence-electron chi connectivity index (χ2n) is 5.07. The Morgan fingerprint density at radius 3 is 2.50 bits per heavy atom. The summed E-state index contributed by atoms with van der Waals surface area (Å²) in [6.07, 6.45) is 0. The van der Waals surface area contributed by atoms with Gasteiger partial charge in [0.2, 0.25) is 0 Å². The van der Waals surface area contributed by atoms with E-state index in [-0.39, 0.29) is 11.7 Å². The van der Waals surface area contributed by atoms with Crippen LogP contribution in [0.3, 0.4) is 0 Å². The third-order valence-electron chi connectivity index (χ3n) is 3.06. The molecule has 0 heterocycles. The molecule has 0 fully saturated rings. The lowest BCUT2D eigenvalue weighted by molar-refractivity contribution is 0.0911. The van der Waals surface area contributed by atoms with E-state index in [1.165, 1.54) is 6.07 Å². The van der Waals surface area contributed by atoms with Gasteiger partial charge in [-0.15, -0.1) is 0 Å². The van der Waals surface area contributed by atoms with Gasteiger partial charge in [0.1, 0.15) is 5.82 Å². The summed E-state index contributed by atoms with van der Waals surface area (Å²) >= 11 is 5.86. The van der Waals surface area contributed by atoms with E-state index < -0.39 is 5.54 Å². The lowest BCUT2D eigenvalue weighted by atomic mass is 9.93. The number of benzene rings is 2. The minimum Gasteiger partial charge on any atom is -0.343 e. The molecule has 0 spiro atoms. The van der Waals surface area contributed by atoms with Crippen LogP contribution in [-0.4, -0.2) is 5.91 Å². The number of rotatable bonds is 3. The zero-order valence-corrected chi connectivity index (χ0v) is 12.0. The van der Waals surface area contributed by atoms with Crippen molar-refractivity contribution >= 4 is 17.5 Å². The van der Waals surface area contributed by atoms with Crippen LogP contribution in [0.5, 0.6) is 0 Å². The Balaban J connectivity index is 2.24. The van der Waals surface area contributed by atoms with Crippen molar-refractivity contribution in [1.82, 2.24) is 5.32 Å². The van der Waals surface area contributed by atoms with Crippen molar-refractivity contribution in [1.29, 1.82) is 0 Å². The second-order valence-corrected chi connectivity index (χ2v) is 5.51. The van der Waals surface area contributed by atoms with Crippen molar-refractivity contribution in [3.8, 4) is 0 Å². The number of carbonyl (C=O) groups is 1. The fraction of sp³-hybridized carbons (Fsp3) is 0.188. The average Bonchev–Trinajstić information content (AvgIpc) is 2.38. The zero-order valence-electron chi connectivity index (χ0n) is 11.3. The Morgan fingerprint density at radius 2 is 1.85 bits per heavy atom. The standard InChI is InChI=1S/C16H15ClFNO/c1-16(2,13-8-3-4-9-14(13)18)19-15(20)11-6-5-7-12(17)10-11/h3-10H,1-2H3,(H,19,20). The second kappa shape index (κ2) is 5.63. The van der Waals surface area contributed by atoms with Crippen LogP contribution < -0.4 is 5.32 Å². The first kappa shape index (κ1) is 14.5. The van der Waals surface area contributed by atoms with Crippen LogP contribution in [0.1, 0.15) is 29.8 Å². The minimum atomic E-state index is -0.815. The van der Waals surface area contributed by atoms with Gasteiger partial charge in [0.15, 0.2) is 0 Å². The van der Waals surface area contributed by atoms with Crippen molar-refractivity contribution < 1.29 is 9.18 Å². The Labute approximate surface area is 122 Å². The molecule has 104 valence electrons. The smallest absolute Gasteiger partial charge is 0.252 e. The first-order chi connectivity index (χ1) is 9.40. The SMILES string of the molecule is CC(C)(NC(=O)c1cccc(Cl)c1)c1ccccc1F. The van der Waals surface area contributed by atoms with Crippen molar-refractivity contribution in [3.05, 3.63) is 70.5 Å². The molecule has 0 aliphatic heterocycles. The fourth-order valence-corrected chi connectivity index (χ4v) is 2.21. The predicted molar refractivity (Wildman–Crippen MR) is 78.3 cm³/mol. The first-order valence-corrected chi connectivity index (χ1v) is 6.61. The largest absolute Gasteiger partial charge is 0.343 e. The molecule has 0 aromatic heterocycles. The highest BCUT2D eigenvalue weighted by Gasteiger charge is 2.26. The number of nitrogens with one attached hydrogen (secondary N) is 1. The summed E-state index contributed by atoms with van der Waals surface area (Å²) in [6, 6.07) is 13.0. The molecule has 0 aliphatic rings. The molecule has 2 rings (SSSR count). The summed E-state index contributed by atoms with van der Waals surface area (Å²) in [5, 5.41) is 3.31. The normalized spacial score (nSPS) is 11.2. The molecule has 0 radical (unpaired) electrons. The lowest BCUT2D eigenvalue weighted by Crippen LogP contribution is -2.41. The molecule has 4 heteroatoms. The molecule has 0 saturated heterocycles. The minimum absolute atomic E-state index is 0.291. The number of amides is 1. The van der Waals surface area contributed by atoms with Gasteiger partial charge in [0, 0.05) is 16.1 Å². The van der Waals surface area contributed by atoms with Crippen molar-refractivity contribution in [3.63, 3.8) is 0 Å². The summed E-state index contributed by atoms with van der Waals surface area (Å²) in [4.78, 5) is 12.2. The molecular formula is C16H15ClFNO. The fourth-order valence-electron chi connectivity index (χ4n) is 2.02. The van der Waals surface area contributed by atoms with Crippen LogP contribution in [0.15, 0.2) is 48.5 Å². The van der Waals surface area contributed by atoms with Crippen LogP contribution in [0.4, 0.5) is 4.39 Å². The van der Waals surface area contributed by atoms with Crippen molar-refractivity contribution in [2.75, 3.05) is 0 Å². The molecule has 2 nitrogen and oxygen atoms in total. The highest BCUT2D eigenvalue weighted by molar-refractivity contribution is 6.30. The molecule has 0 unspecified atom stereocenters. The van der Waals surface area contributed by atoms with E-state index in [4.69, 9.17) is 11.6 Å². The molecule has 2 aromatic rings. The van der Waals surface area contributed by atoms with Gasteiger partial charge in [-0.3, -0.25) is 4.79 Å². The van der Waals surface area contributed by atoms with Gasteiger partial charge in [-0.2, -0.15) is 0 Å². The van der Waals surface area contributed by atoms with E-state index in [0.717, 1.165) is 0 Å². The van der Waals surface area contributed by atoms with Gasteiger partial charge in [-0.1, -0.05) is 35.9 Å². The molecule has 2 aromatic carbocycles. The first-order valence-electron chi connectivity index (χ1n) is 6.23. The highest BCUT2D eigenvalue weighted by atomic mass is 35.5. The molecular weight excluding hydrogens is 277 g/mol. The van der Waals surface area contributed by atoms with Gasteiger partial charge in [-0.25, -0.2) is 4.39 Å². The Kier molecular flexibility index (Phi) is 4.09. The monoisotopic (exact) mass is 291 g/mol. The van der Waals surface area contributed by atoms with E-state index in [0.29, 0.717) is 16.1 Å². The number of hydrogen-bond donors (Lipinski definition) is 1. The van der Waals surface area contributed by atoms with Gasteiger partial charge in [-0.05, 0) is 38.1 Å². The molecule has 0 bridgehead atoms. The molecule has 0 atom stereocenters. The highest BCUT2D eigenvalue weighted by Crippen LogP contribution is 2.23. The molecule has 0 saturated carbocycles. The van der Waals surface area contributed by atoms with Crippen LogP contribution in [0, 0.1) is 5.82 Å². The summed E-state index contributed by atoms with van der Waals surface area (Å²) < 4.78 is 13.8. The Bertz CT molecular complexity index is 640. The van der Waals surface area contributed by atoms with Crippen molar-refractivity contribution in [2.24, 2.45) is 0 Å². The number of halogens is 2. The maximum absolute atomic E-state index is 13.8. The summed E-state index contributed by atoms with van der Waals surface area (Å²) in [5.41, 5.74) is 0.0716. The van der Waals surface area contributed by atoms with Crippen LogP contribution >= 0.6 is 11.6 Å². The zero-order chi connectivity index (χ0) is 14.8. The summed E-state index contributed by atoms with van der Waals surface area (Å²) in [7, 11) is 0. The Hall–Kier alpha value is -1.87. The van der Waals surface area contributed by atoms with Gasteiger partial charge >= 0.3 is 0 Å². The third kappa shape index (κ3) is 3.17. The topological polar surface area (TPSA) is 29.1 Å². The van der Waals surface area contributed by atoms with Crippen LogP contribution in [0.2, 0.25) is 5.02 Å². The van der Waals surface area contributed by atoms with E-state index in [2.05, 4.69) is 5.32 Å². The average molecular weight is 292 g/mol. The van der Waals surface area contributed by atoms with E-state index in [9.17, 15) is 9.18 Å². The maximum Gasteiger partial charge on any atom is 0.252 e. The molecule has 20 heavy (non-hydrogen) atoms. The molecule has 0 aliphatic carbocycles. The quantitative estimate of drug-likeness (QED) is 0.904.